The van der Waals surface area contributed by atoms with E-state index < -0.39 is 6.10 Å². The number of halogens is 1. The van der Waals surface area contributed by atoms with Crippen molar-refractivity contribution in [1.82, 2.24) is 4.90 Å². The standard InChI is InChI=1S/C13H13BrN2O2S/c14-7-1-2-10-9(5-7)11(15)12(19-10)13(18)16-4-3-8(17)6-16/h1-2,5,8,17H,3-4,6,15H2. The number of carbonyl (C=O) groups excluding carboxylic acids is 1. The van der Waals surface area contributed by atoms with Gasteiger partial charge in [-0.1, -0.05) is 15.9 Å². The van der Waals surface area contributed by atoms with E-state index in [9.17, 15) is 9.90 Å². The number of nitrogens with zero attached hydrogens (tertiary/aromatic N) is 1. The lowest BCUT2D eigenvalue weighted by molar-refractivity contribution is 0.0770. The van der Waals surface area contributed by atoms with Crippen LogP contribution < -0.4 is 5.73 Å². The van der Waals surface area contributed by atoms with Gasteiger partial charge in [-0.25, -0.2) is 0 Å². The minimum atomic E-state index is -0.409. The summed E-state index contributed by atoms with van der Waals surface area (Å²) in [6.07, 6.45) is 0.232. The van der Waals surface area contributed by atoms with Crippen LogP contribution in [0.1, 0.15) is 16.1 Å². The molecule has 3 N–H and O–H groups in total. The minimum Gasteiger partial charge on any atom is -0.397 e. The molecule has 1 aromatic heterocycles. The first-order chi connectivity index (χ1) is 9.06. The molecule has 0 aliphatic carbocycles. The van der Waals surface area contributed by atoms with Crippen LogP contribution in [0.25, 0.3) is 10.1 Å². The molecule has 1 aliphatic rings. The molecule has 0 spiro atoms. The highest BCUT2D eigenvalue weighted by Crippen LogP contribution is 2.36. The normalized spacial score (nSPS) is 19.3. The molecule has 4 nitrogen and oxygen atoms in total. The number of nitrogens with two attached hydrogens (primary N) is 1. The molecule has 1 aromatic carbocycles. The Morgan fingerprint density at radius 1 is 1.53 bits per heavy atom. The van der Waals surface area contributed by atoms with Gasteiger partial charge in [0.1, 0.15) is 4.88 Å². The molecule has 0 saturated carbocycles. The van der Waals surface area contributed by atoms with E-state index in [4.69, 9.17) is 5.73 Å². The largest absolute Gasteiger partial charge is 0.397 e. The van der Waals surface area contributed by atoms with Gasteiger partial charge in [-0.2, -0.15) is 0 Å². The fraction of sp³-hybridized carbons (Fsp3) is 0.308. The molecule has 2 heterocycles. The fourth-order valence-electron chi connectivity index (χ4n) is 2.32. The number of β-amino-alcohol motifs (C(OH)–C–C–N with tert-alkyl or cyclic N) is 1. The van der Waals surface area contributed by atoms with Gasteiger partial charge in [0.05, 0.1) is 11.8 Å². The Bertz CT molecular complexity index is 655. The highest BCUT2D eigenvalue weighted by Gasteiger charge is 2.28. The van der Waals surface area contributed by atoms with Gasteiger partial charge in [0.15, 0.2) is 0 Å². The Balaban J connectivity index is 2.01. The first-order valence-corrected chi connectivity index (χ1v) is 7.62. The number of likely N-dealkylation sites (tertiary alicyclic amines) is 1. The molecule has 1 unspecified atom stereocenters. The molecule has 1 aliphatic heterocycles. The molecule has 0 bridgehead atoms. The van der Waals surface area contributed by atoms with Crippen LogP contribution in [-0.2, 0) is 0 Å². The van der Waals surface area contributed by atoms with E-state index in [0.29, 0.717) is 30.1 Å². The third kappa shape index (κ3) is 2.24. The number of rotatable bonds is 1. The number of amides is 1. The van der Waals surface area contributed by atoms with Crippen molar-refractivity contribution in [1.29, 1.82) is 0 Å². The van der Waals surface area contributed by atoms with Crippen LogP contribution in [0.15, 0.2) is 22.7 Å². The summed E-state index contributed by atoms with van der Waals surface area (Å²) in [4.78, 5) is 14.6. The van der Waals surface area contributed by atoms with Crippen LogP contribution in [0.4, 0.5) is 5.69 Å². The maximum Gasteiger partial charge on any atom is 0.266 e. The summed E-state index contributed by atoms with van der Waals surface area (Å²) in [6, 6.07) is 5.82. The minimum absolute atomic E-state index is 0.0774. The first-order valence-electron chi connectivity index (χ1n) is 6.01. The molecule has 1 amide bonds. The molecule has 3 rings (SSSR count). The zero-order chi connectivity index (χ0) is 13.6. The second-order valence-corrected chi connectivity index (χ2v) is 6.65. The maximum atomic E-state index is 12.4. The van der Waals surface area contributed by atoms with Gasteiger partial charge in [-0.15, -0.1) is 11.3 Å². The van der Waals surface area contributed by atoms with Crippen molar-refractivity contribution in [2.75, 3.05) is 18.8 Å². The van der Waals surface area contributed by atoms with Gasteiger partial charge in [0, 0.05) is 27.6 Å². The molecule has 100 valence electrons. The summed E-state index contributed by atoms with van der Waals surface area (Å²) in [7, 11) is 0. The van der Waals surface area contributed by atoms with Gasteiger partial charge in [0.25, 0.3) is 5.91 Å². The van der Waals surface area contributed by atoms with E-state index in [-0.39, 0.29) is 5.91 Å². The Labute approximate surface area is 122 Å². The van der Waals surface area contributed by atoms with Crippen LogP contribution in [0.5, 0.6) is 0 Å². The van der Waals surface area contributed by atoms with Crippen molar-refractivity contribution in [3.63, 3.8) is 0 Å². The highest BCUT2D eigenvalue weighted by atomic mass is 79.9. The zero-order valence-corrected chi connectivity index (χ0v) is 12.5. The summed E-state index contributed by atoms with van der Waals surface area (Å²) in [6.45, 7) is 0.994. The maximum absolute atomic E-state index is 12.4. The van der Waals surface area contributed by atoms with Crippen molar-refractivity contribution in [2.45, 2.75) is 12.5 Å². The molecule has 19 heavy (non-hydrogen) atoms. The van der Waals surface area contributed by atoms with Crippen LogP contribution >= 0.6 is 27.3 Å². The smallest absolute Gasteiger partial charge is 0.266 e. The number of thiophene rings is 1. The van der Waals surface area contributed by atoms with Gasteiger partial charge < -0.3 is 15.7 Å². The number of fused-ring (bicyclic) bond motifs is 1. The van der Waals surface area contributed by atoms with Crippen LogP contribution in [0.2, 0.25) is 0 Å². The lowest BCUT2D eigenvalue weighted by atomic mass is 10.2. The predicted molar refractivity (Wildman–Crippen MR) is 80.5 cm³/mol. The molecular weight excluding hydrogens is 328 g/mol. The Kier molecular flexibility index (Phi) is 3.24. The summed E-state index contributed by atoms with van der Waals surface area (Å²) in [5, 5.41) is 10.4. The molecule has 0 radical (unpaired) electrons. The zero-order valence-electron chi connectivity index (χ0n) is 10.1. The van der Waals surface area contributed by atoms with Gasteiger partial charge in [0.2, 0.25) is 0 Å². The van der Waals surface area contributed by atoms with Crippen LogP contribution in [-0.4, -0.2) is 35.1 Å². The average molecular weight is 341 g/mol. The number of aliphatic hydroxyl groups excluding tert-OH is 1. The van der Waals surface area contributed by atoms with E-state index in [1.165, 1.54) is 11.3 Å². The lowest BCUT2D eigenvalue weighted by Gasteiger charge is -2.14. The summed E-state index contributed by atoms with van der Waals surface area (Å²) in [5.74, 6) is -0.0774. The number of hydrogen-bond donors (Lipinski definition) is 2. The second-order valence-electron chi connectivity index (χ2n) is 4.68. The van der Waals surface area contributed by atoms with Crippen molar-refractivity contribution >= 4 is 48.9 Å². The summed E-state index contributed by atoms with van der Waals surface area (Å²) < 4.78 is 1.95. The lowest BCUT2D eigenvalue weighted by Crippen LogP contribution is -2.29. The van der Waals surface area contributed by atoms with Gasteiger partial charge in [-0.3, -0.25) is 4.79 Å². The number of anilines is 1. The van der Waals surface area contributed by atoms with E-state index in [1.54, 1.807) is 4.90 Å². The molecule has 1 saturated heterocycles. The average Bonchev–Trinajstić information content (AvgIpc) is 2.94. The molecular formula is C13H13BrN2O2S. The number of benzene rings is 1. The Hall–Kier alpha value is -1.11. The van der Waals surface area contributed by atoms with E-state index in [2.05, 4.69) is 15.9 Å². The van der Waals surface area contributed by atoms with Crippen molar-refractivity contribution in [2.24, 2.45) is 0 Å². The van der Waals surface area contributed by atoms with Gasteiger partial charge >= 0.3 is 0 Å². The molecule has 2 aromatic rings. The monoisotopic (exact) mass is 340 g/mol. The number of hydrogen-bond acceptors (Lipinski definition) is 4. The van der Waals surface area contributed by atoms with Crippen molar-refractivity contribution in [3.05, 3.63) is 27.5 Å². The third-order valence-corrected chi connectivity index (χ3v) is 5.00. The SMILES string of the molecule is Nc1c(C(=O)N2CCC(O)C2)sc2ccc(Br)cc12. The van der Waals surface area contributed by atoms with Crippen LogP contribution in [0, 0.1) is 0 Å². The highest BCUT2D eigenvalue weighted by molar-refractivity contribution is 9.10. The quantitative estimate of drug-likeness (QED) is 0.837. The first kappa shape index (κ1) is 12.9. The number of aliphatic hydroxyl groups is 1. The van der Waals surface area contributed by atoms with E-state index >= 15 is 0 Å². The van der Waals surface area contributed by atoms with Crippen molar-refractivity contribution in [3.8, 4) is 0 Å². The summed E-state index contributed by atoms with van der Waals surface area (Å²) in [5.41, 5.74) is 6.63. The summed E-state index contributed by atoms with van der Waals surface area (Å²) >= 11 is 4.82. The molecule has 6 heteroatoms. The second kappa shape index (κ2) is 4.77. The van der Waals surface area contributed by atoms with E-state index in [0.717, 1.165) is 14.6 Å². The van der Waals surface area contributed by atoms with Gasteiger partial charge in [-0.05, 0) is 24.6 Å². The van der Waals surface area contributed by atoms with E-state index in [1.807, 2.05) is 18.2 Å². The Morgan fingerprint density at radius 2 is 2.32 bits per heavy atom. The molecule has 1 fully saturated rings. The third-order valence-electron chi connectivity index (χ3n) is 3.33. The molecule has 1 atom stereocenters. The number of nitrogen functional groups attached to an aromatic ring is 1. The van der Waals surface area contributed by atoms with Crippen LogP contribution in [0.3, 0.4) is 0 Å². The fourth-order valence-corrected chi connectivity index (χ4v) is 3.75. The number of carbonyl (C=O) groups is 1. The Morgan fingerprint density at radius 3 is 3.00 bits per heavy atom. The van der Waals surface area contributed by atoms with Crippen molar-refractivity contribution < 1.29 is 9.90 Å². The predicted octanol–water partition coefficient (Wildman–Crippen LogP) is 2.45. The topological polar surface area (TPSA) is 66.6 Å².